The highest BCUT2D eigenvalue weighted by molar-refractivity contribution is 5.14. The number of aliphatic hydroxyl groups is 2. The zero-order valence-electron chi connectivity index (χ0n) is 14.2. The molecular formula is C20H24O5. The first-order chi connectivity index (χ1) is 12.1. The summed E-state index contributed by atoms with van der Waals surface area (Å²) < 4.78 is 17.2. The first-order valence-corrected chi connectivity index (χ1v) is 8.48. The van der Waals surface area contributed by atoms with Gasteiger partial charge in [0, 0.05) is 0 Å². The molecule has 1 heterocycles. The number of aliphatic hydroxyl groups excluding tert-OH is 2. The lowest BCUT2D eigenvalue weighted by Gasteiger charge is -2.41. The molecule has 134 valence electrons. The van der Waals surface area contributed by atoms with Crippen molar-refractivity contribution in [3.8, 4) is 0 Å². The van der Waals surface area contributed by atoms with Gasteiger partial charge in [-0.3, -0.25) is 0 Å². The van der Waals surface area contributed by atoms with Crippen molar-refractivity contribution in [3.05, 3.63) is 71.8 Å². The SMILES string of the molecule is C[C@@H]1O[C@@H](OCc2ccccc2)[C@H](O)[C@H](O)[C@H]1OCc1ccccc1. The van der Waals surface area contributed by atoms with E-state index in [0.717, 1.165) is 11.1 Å². The Morgan fingerprint density at radius 1 is 0.800 bits per heavy atom. The highest BCUT2D eigenvalue weighted by atomic mass is 16.7. The first kappa shape index (κ1) is 18.0. The average molecular weight is 344 g/mol. The van der Waals surface area contributed by atoms with Crippen LogP contribution in [0.25, 0.3) is 0 Å². The summed E-state index contributed by atoms with van der Waals surface area (Å²) in [4.78, 5) is 0. The molecule has 0 bridgehead atoms. The molecule has 1 aliphatic heterocycles. The average Bonchev–Trinajstić information content (AvgIpc) is 2.65. The summed E-state index contributed by atoms with van der Waals surface area (Å²) in [6.45, 7) is 2.46. The third-order valence-corrected chi connectivity index (χ3v) is 4.32. The van der Waals surface area contributed by atoms with E-state index in [-0.39, 0.29) is 0 Å². The molecule has 5 atom stereocenters. The number of benzene rings is 2. The van der Waals surface area contributed by atoms with Crippen LogP contribution in [0.5, 0.6) is 0 Å². The van der Waals surface area contributed by atoms with E-state index in [4.69, 9.17) is 14.2 Å². The van der Waals surface area contributed by atoms with Gasteiger partial charge in [0.15, 0.2) is 6.29 Å². The van der Waals surface area contributed by atoms with Crippen LogP contribution < -0.4 is 0 Å². The van der Waals surface area contributed by atoms with Gasteiger partial charge in [0.1, 0.15) is 18.3 Å². The molecule has 0 saturated carbocycles. The maximum atomic E-state index is 10.4. The molecule has 0 unspecified atom stereocenters. The molecule has 2 N–H and O–H groups in total. The minimum absolute atomic E-state index is 0.303. The lowest BCUT2D eigenvalue weighted by molar-refractivity contribution is -0.304. The minimum atomic E-state index is -1.17. The van der Waals surface area contributed by atoms with Gasteiger partial charge < -0.3 is 24.4 Å². The van der Waals surface area contributed by atoms with E-state index in [1.807, 2.05) is 67.6 Å². The molecule has 3 rings (SSSR count). The largest absolute Gasteiger partial charge is 0.387 e. The number of hydrogen-bond donors (Lipinski definition) is 2. The summed E-state index contributed by atoms with van der Waals surface area (Å²) in [6.07, 6.45) is -4.15. The van der Waals surface area contributed by atoms with Crippen LogP contribution in [0.15, 0.2) is 60.7 Å². The minimum Gasteiger partial charge on any atom is -0.387 e. The van der Waals surface area contributed by atoms with E-state index in [1.165, 1.54) is 0 Å². The highest BCUT2D eigenvalue weighted by Gasteiger charge is 2.43. The Morgan fingerprint density at radius 3 is 1.88 bits per heavy atom. The lowest BCUT2D eigenvalue weighted by atomic mass is 9.99. The maximum absolute atomic E-state index is 10.4. The fourth-order valence-corrected chi connectivity index (χ4v) is 2.89. The normalized spacial score (nSPS) is 29.5. The molecule has 25 heavy (non-hydrogen) atoms. The van der Waals surface area contributed by atoms with Gasteiger partial charge in [-0.15, -0.1) is 0 Å². The second-order valence-corrected chi connectivity index (χ2v) is 6.25. The molecule has 0 aliphatic carbocycles. The third kappa shape index (κ3) is 4.66. The third-order valence-electron chi connectivity index (χ3n) is 4.32. The molecule has 1 fully saturated rings. The van der Waals surface area contributed by atoms with Crippen molar-refractivity contribution in [2.75, 3.05) is 0 Å². The van der Waals surface area contributed by atoms with Crippen molar-refractivity contribution in [2.24, 2.45) is 0 Å². The summed E-state index contributed by atoms with van der Waals surface area (Å²) in [6, 6.07) is 19.3. The maximum Gasteiger partial charge on any atom is 0.186 e. The zero-order chi connectivity index (χ0) is 17.6. The predicted molar refractivity (Wildman–Crippen MR) is 92.6 cm³/mol. The number of rotatable bonds is 6. The molecular weight excluding hydrogens is 320 g/mol. The van der Waals surface area contributed by atoms with E-state index in [2.05, 4.69) is 0 Å². The van der Waals surface area contributed by atoms with Gasteiger partial charge in [-0.25, -0.2) is 0 Å². The monoisotopic (exact) mass is 344 g/mol. The summed E-state index contributed by atoms with van der Waals surface area (Å²) in [7, 11) is 0. The fraction of sp³-hybridized carbons (Fsp3) is 0.400. The smallest absolute Gasteiger partial charge is 0.186 e. The highest BCUT2D eigenvalue weighted by Crippen LogP contribution is 2.25. The van der Waals surface area contributed by atoms with Crippen LogP contribution in [0.2, 0.25) is 0 Å². The number of ether oxygens (including phenoxy) is 3. The van der Waals surface area contributed by atoms with Crippen LogP contribution in [0.3, 0.4) is 0 Å². The van der Waals surface area contributed by atoms with Crippen molar-refractivity contribution in [1.82, 2.24) is 0 Å². The van der Waals surface area contributed by atoms with E-state index < -0.39 is 30.7 Å². The van der Waals surface area contributed by atoms with Gasteiger partial charge in [-0.05, 0) is 18.1 Å². The summed E-state index contributed by atoms with van der Waals surface area (Å²) >= 11 is 0. The molecule has 0 aromatic heterocycles. The molecule has 0 radical (unpaired) electrons. The first-order valence-electron chi connectivity index (χ1n) is 8.48. The van der Waals surface area contributed by atoms with Crippen molar-refractivity contribution in [3.63, 3.8) is 0 Å². The van der Waals surface area contributed by atoms with Crippen molar-refractivity contribution in [2.45, 2.75) is 50.8 Å². The Kier molecular flexibility index (Phi) is 6.18. The van der Waals surface area contributed by atoms with Crippen LogP contribution >= 0.6 is 0 Å². The topological polar surface area (TPSA) is 68.2 Å². The summed E-state index contributed by atoms with van der Waals surface area (Å²) in [5, 5.41) is 20.7. The van der Waals surface area contributed by atoms with E-state index in [9.17, 15) is 10.2 Å². The quantitative estimate of drug-likeness (QED) is 0.841. The Labute approximate surface area is 147 Å². The fourth-order valence-electron chi connectivity index (χ4n) is 2.89. The lowest BCUT2D eigenvalue weighted by Crippen LogP contribution is -2.58. The molecule has 1 aliphatic rings. The van der Waals surface area contributed by atoms with Gasteiger partial charge in [0.2, 0.25) is 0 Å². The van der Waals surface area contributed by atoms with Crippen molar-refractivity contribution < 1.29 is 24.4 Å². The molecule has 1 saturated heterocycles. The second-order valence-electron chi connectivity index (χ2n) is 6.25. The van der Waals surface area contributed by atoms with E-state index in [0.29, 0.717) is 13.2 Å². The van der Waals surface area contributed by atoms with E-state index in [1.54, 1.807) is 0 Å². The Balaban J connectivity index is 1.55. The Hall–Kier alpha value is -1.76. The van der Waals surface area contributed by atoms with Crippen LogP contribution in [-0.4, -0.2) is 40.9 Å². The zero-order valence-corrected chi connectivity index (χ0v) is 14.2. The van der Waals surface area contributed by atoms with Gasteiger partial charge >= 0.3 is 0 Å². The molecule has 0 spiro atoms. The Morgan fingerprint density at radius 2 is 1.32 bits per heavy atom. The molecule has 0 amide bonds. The predicted octanol–water partition coefficient (Wildman–Crippen LogP) is 2.26. The molecule has 5 nitrogen and oxygen atoms in total. The molecule has 5 heteroatoms. The van der Waals surface area contributed by atoms with Crippen LogP contribution in [0.4, 0.5) is 0 Å². The van der Waals surface area contributed by atoms with Gasteiger partial charge in [-0.1, -0.05) is 60.7 Å². The van der Waals surface area contributed by atoms with Crippen LogP contribution in [-0.2, 0) is 27.4 Å². The molecule has 2 aromatic rings. The van der Waals surface area contributed by atoms with Gasteiger partial charge in [0.05, 0.1) is 19.3 Å². The van der Waals surface area contributed by atoms with Crippen LogP contribution in [0.1, 0.15) is 18.1 Å². The molecule has 2 aromatic carbocycles. The van der Waals surface area contributed by atoms with Crippen LogP contribution in [0, 0.1) is 0 Å². The van der Waals surface area contributed by atoms with Crippen molar-refractivity contribution in [1.29, 1.82) is 0 Å². The van der Waals surface area contributed by atoms with Gasteiger partial charge in [-0.2, -0.15) is 0 Å². The Bertz CT molecular complexity index is 633. The van der Waals surface area contributed by atoms with E-state index >= 15 is 0 Å². The van der Waals surface area contributed by atoms with Crippen molar-refractivity contribution >= 4 is 0 Å². The standard InChI is InChI=1S/C20H24O5/c1-14-19(23-12-15-8-4-2-5-9-15)17(21)18(22)20(25-14)24-13-16-10-6-3-7-11-16/h2-11,14,17-22H,12-13H2,1H3/t14-,17-,18+,19-,20+/m0/s1. The summed E-state index contributed by atoms with van der Waals surface area (Å²) in [5.41, 5.74) is 1.97. The summed E-state index contributed by atoms with van der Waals surface area (Å²) in [5.74, 6) is 0. The van der Waals surface area contributed by atoms with Gasteiger partial charge in [0.25, 0.3) is 0 Å². The number of hydrogen-bond acceptors (Lipinski definition) is 5. The second kappa shape index (κ2) is 8.56.